The average molecular weight is 997 g/mol. The van der Waals surface area contributed by atoms with E-state index in [1.165, 1.54) is 36.9 Å². The zero-order chi connectivity index (χ0) is 49.5. The monoisotopic (exact) mass is 995 g/mol. The topological polar surface area (TPSA) is 149 Å². The van der Waals surface area contributed by atoms with Crippen LogP contribution in [-0.4, -0.2) is 80.1 Å². The number of thioether (sulfide) groups is 1. The van der Waals surface area contributed by atoms with Crippen LogP contribution in [0.2, 0.25) is 0 Å². The van der Waals surface area contributed by atoms with Crippen molar-refractivity contribution in [2.24, 2.45) is 10.6 Å². The predicted octanol–water partition coefficient (Wildman–Crippen LogP) is 9.90. The molecule has 5 aromatic carbocycles. The lowest BCUT2D eigenvalue weighted by molar-refractivity contribution is -0.179. The Hall–Kier alpha value is -6.74. The first-order valence-electron chi connectivity index (χ1n) is 22.8. The molecular weight excluding hydrogens is 942 g/mol. The summed E-state index contributed by atoms with van der Waals surface area (Å²) in [5.41, 5.74) is -0.345. The van der Waals surface area contributed by atoms with Gasteiger partial charge in [-0.1, -0.05) is 169 Å². The Morgan fingerprint density at radius 2 is 1.33 bits per heavy atom. The lowest BCUT2D eigenvalue weighted by Gasteiger charge is -2.53. The molecule has 2 amide bonds. The number of nitrogens with one attached hydrogen (secondary N) is 2. The summed E-state index contributed by atoms with van der Waals surface area (Å²) in [6.07, 6.45) is 2.71. The number of thiazole rings is 1. The first-order chi connectivity index (χ1) is 33.6. The van der Waals surface area contributed by atoms with Gasteiger partial charge < -0.3 is 29.8 Å². The van der Waals surface area contributed by atoms with E-state index in [0.29, 0.717) is 5.13 Å². The van der Waals surface area contributed by atoms with Crippen molar-refractivity contribution in [3.05, 3.63) is 203 Å². The van der Waals surface area contributed by atoms with Crippen LogP contribution in [0.15, 0.2) is 174 Å². The van der Waals surface area contributed by atoms with Gasteiger partial charge in [-0.05, 0) is 62.4 Å². The highest BCUT2D eigenvalue weighted by Gasteiger charge is 2.57. The molecule has 0 radical (unpaired) electrons. The number of β-lactam (4-membered cyclic amide) rings is 1. The maximum absolute atomic E-state index is 14.6. The van der Waals surface area contributed by atoms with E-state index < -0.39 is 63.4 Å². The number of amides is 2. The molecule has 3 atom stereocenters. The molecule has 2 N–H and O–H groups in total. The number of rotatable bonds is 17. The van der Waals surface area contributed by atoms with Gasteiger partial charge in [-0.3, -0.25) is 14.4 Å². The second kappa shape index (κ2) is 21.1. The van der Waals surface area contributed by atoms with Gasteiger partial charge in [-0.25, -0.2) is 9.78 Å². The third-order valence-electron chi connectivity index (χ3n) is 11.9. The Balaban J connectivity index is 1.08. The van der Waals surface area contributed by atoms with Crippen molar-refractivity contribution >= 4 is 69.3 Å². The van der Waals surface area contributed by atoms with Gasteiger partial charge in [-0.2, -0.15) is 0 Å². The Kier molecular flexibility index (Phi) is 15.0. The number of fused-ring (bicyclic) bond motifs is 1. The molecule has 360 valence electrons. The van der Waals surface area contributed by atoms with E-state index >= 15 is 0 Å². The molecule has 2 saturated heterocycles. The number of nitrogens with zero attached hydrogens (tertiary/aromatic N) is 3. The number of halogens is 1. The number of ether oxygens (including phenoxy) is 2. The van der Waals surface area contributed by atoms with Gasteiger partial charge in [0.1, 0.15) is 33.7 Å². The first-order valence-corrected chi connectivity index (χ1v) is 25.3. The van der Waals surface area contributed by atoms with Crippen LogP contribution < -0.4 is 10.6 Å². The van der Waals surface area contributed by atoms with Crippen molar-refractivity contribution in [3.63, 3.8) is 0 Å². The van der Waals surface area contributed by atoms with Crippen molar-refractivity contribution in [2.45, 2.75) is 68.9 Å². The Morgan fingerprint density at radius 3 is 1.83 bits per heavy atom. The molecule has 0 saturated carbocycles. The highest BCUT2D eigenvalue weighted by Crippen LogP contribution is 2.45. The Bertz CT molecular complexity index is 2710. The number of allylic oxidation sites excluding steroid dienone is 1. The minimum absolute atomic E-state index is 0.000361. The molecule has 6 aromatic rings. The first kappa shape index (κ1) is 49.7. The lowest BCUT2D eigenvalue weighted by atomic mass is 9.77. The van der Waals surface area contributed by atoms with Crippen LogP contribution in [0.5, 0.6) is 0 Å². The number of alkyl halides is 1. The van der Waals surface area contributed by atoms with Crippen molar-refractivity contribution in [2.75, 3.05) is 23.5 Å². The average Bonchev–Trinajstić information content (AvgIpc) is 3.84. The third kappa shape index (κ3) is 10.7. The van der Waals surface area contributed by atoms with E-state index in [0.717, 1.165) is 27.8 Å². The van der Waals surface area contributed by atoms with E-state index in [1.54, 1.807) is 43.2 Å². The maximum Gasteiger partial charge on any atom is 0.353 e. The number of hydrogen-bond donors (Lipinski definition) is 2. The summed E-state index contributed by atoms with van der Waals surface area (Å²) < 4.78 is 12.0. The standard InChI is InChI=1S/C55H54ClN5O7S2/c1-52(2,3)67-49(64)53(4,5)68-60-43(42-34-69-51(57-42)59-55(39-26-15-8-16-27-39,40-28-17-9-18-29-40)41-30-19-10-20-31-41)46(62)58-44-47(63)61-35-54(32-21-33-56,36-70-48(44)61)50(65)66-45(37-22-11-6-12-23-37)38-24-13-7-14-25-38/h6-32,34,44-45,48H,33,35-36H2,1-5H3,(H,57,59)(H,58,62)/t44?,48-,54?/m1/s1. The SMILES string of the molecule is CC(C)(C)OC(=O)C(C)(C)ON=C(C(=O)NC1C(=O)N2CC(C=CCCl)(C(=O)OC(c3ccccc3)c3ccccc3)CS[C@H]12)c1csc(NC(c2ccccc2)(c2ccccc2)c2ccccc2)n1. The number of anilines is 1. The fourth-order valence-corrected chi connectivity index (χ4v) is 10.7. The van der Waals surface area contributed by atoms with Gasteiger partial charge >= 0.3 is 11.9 Å². The second-order valence-corrected chi connectivity index (χ2v) is 20.8. The zero-order valence-corrected chi connectivity index (χ0v) is 41.8. The van der Waals surface area contributed by atoms with E-state index in [4.69, 9.17) is 30.9 Å². The summed E-state index contributed by atoms with van der Waals surface area (Å²) in [6.45, 7) is 8.20. The molecule has 12 nitrogen and oxygen atoms in total. The molecule has 2 aliphatic heterocycles. The van der Waals surface area contributed by atoms with Gasteiger partial charge in [0.15, 0.2) is 16.9 Å². The van der Waals surface area contributed by atoms with E-state index in [-0.39, 0.29) is 29.6 Å². The number of hydrogen-bond acceptors (Lipinski definition) is 12. The van der Waals surface area contributed by atoms with Crippen molar-refractivity contribution in [3.8, 4) is 0 Å². The molecule has 3 heterocycles. The zero-order valence-electron chi connectivity index (χ0n) is 39.4. The summed E-state index contributed by atoms with van der Waals surface area (Å²) in [7, 11) is 0. The molecule has 8 rings (SSSR count). The molecule has 1 aromatic heterocycles. The molecule has 2 unspecified atom stereocenters. The summed E-state index contributed by atoms with van der Waals surface area (Å²) in [5, 5.41) is 12.5. The molecule has 15 heteroatoms. The molecule has 0 aliphatic carbocycles. The van der Waals surface area contributed by atoms with Gasteiger partial charge in [0.2, 0.25) is 11.5 Å². The summed E-state index contributed by atoms with van der Waals surface area (Å²) in [6, 6.07) is 48.0. The quantitative estimate of drug-likeness (QED) is 0.0172. The minimum atomic E-state index is -1.63. The van der Waals surface area contributed by atoms with Crippen molar-refractivity contribution < 1.29 is 33.5 Å². The highest BCUT2D eigenvalue weighted by molar-refractivity contribution is 8.00. The van der Waals surface area contributed by atoms with Crippen LogP contribution in [0.25, 0.3) is 0 Å². The van der Waals surface area contributed by atoms with Gasteiger partial charge in [0.25, 0.3) is 5.91 Å². The van der Waals surface area contributed by atoms with Crippen LogP contribution in [0.1, 0.15) is 74.2 Å². The van der Waals surface area contributed by atoms with E-state index in [1.807, 2.05) is 152 Å². The molecular formula is C55H54ClN5O7S2. The maximum atomic E-state index is 14.6. The number of carbonyl (C=O) groups excluding carboxylic acids is 4. The van der Waals surface area contributed by atoms with E-state index in [9.17, 15) is 19.2 Å². The van der Waals surface area contributed by atoms with Crippen LogP contribution in [0.4, 0.5) is 5.13 Å². The van der Waals surface area contributed by atoms with Gasteiger partial charge in [-0.15, -0.1) is 34.7 Å². The summed E-state index contributed by atoms with van der Waals surface area (Å²) in [4.78, 5) is 69.0. The number of oxime groups is 1. The second-order valence-electron chi connectivity index (χ2n) is 18.5. The molecule has 70 heavy (non-hydrogen) atoms. The number of carbonyl (C=O) groups is 4. The largest absolute Gasteiger partial charge is 0.457 e. The normalized spacial score (nSPS) is 18.4. The van der Waals surface area contributed by atoms with E-state index in [2.05, 4.69) is 15.8 Å². The number of esters is 2. The smallest absolute Gasteiger partial charge is 0.353 e. The van der Waals surface area contributed by atoms with Crippen molar-refractivity contribution in [1.29, 1.82) is 0 Å². The number of aromatic nitrogens is 1. The van der Waals surface area contributed by atoms with Gasteiger partial charge in [0.05, 0.1) is 0 Å². The fourth-order valence-electron chi connectivity index (χ4n) is 8.36. The predicted molar refractivity (Wildman–Crippen MR) is 275 cm³/mol. The molecule has 0 bridgehead atoms. The lowest BCUT2D eigenvalue weighted by Crippen LogP contribution is -2.74. The van der Waals surface area contributed by atoms with Crippen molar-refractivity contribution in [1.82, 2.24) is 15.2 Å². The molecule has 2 fully saturated rings. The van der Waals surface area contributed by atoms with Crippen LogP contribution in [0, 0.1) is 5.41 Å². The Morgan fingerprint density at radius 1 is 0.814 bits per heavy atom. The highest BCUT2D eigenvalue weighted by atomic mass is 35.5. The fraction of sp³-hybridized carbons (Fsp3) is 0.273. The van der Waals surface area contributed by atoms with Crippen LogP contribution in [-0.2, 0) is 39.0 Å². The minimum Gasteiger partial charge on any atom is -0.457 e. The third-order valence-corrected chi connectivity index (χ3v) is 14.4. The van der Waals surface area contributed by atoms with Crippen LogP contribution in [0.3, 0.4) is 0 Å². The summed E-state index contributed by atoms with van der Waals surface area (Å²) in [5.74, 6) is -2.00. The molecule has 2 aliphatic rings. The van der Waals surface area contributed by atoms with Gasteiger partial charge in [0, 0.05) is 23.6 Å². The van der Waals surface area contributed by atoms with Crippen LogP contribution >= 0.6 is 34.7 Å². The molecule has 0 spiro atoms. The summed E-state index contributed by atoms with van der Waals surface area (Å²) >= 11 is 8.74. The Labute approximate surface area is 421 Å². The number of benzene rings is 5.